The van der Waals surface area contributed by atoms with Gasteiger partial charge in [-0.2, -0.15) is 0 Å². The zero-order chi connectivity index (χ0) is 19.7. The minimum Gasteiger partial charge on any atom is -0.497 e. The molecule has 2 aromatic heterocycles. The van der Waals surface area contributed by atoms with Crippen molar-refractivity contribution in [2.75, 3.05) is 13.7 Å². The lowest BCUT2D eigenvalue weighted by Crippen LogP contribution is -2.32. The average Bonchev–Trinajstić information content (AvgIpc) is 3.27. The fraction of sp³-hybridized carbons (Fsp3) is 0.316. The van der Waals surface area contributed by atoms with Crippen LogP contribution >= 0.6 is 27.3 Å². The van der Waals surface area contributed by atoms with Gasteiger partial charge in [-0.25, -0.2) is 9.48 Å². The zero-order valence-corrected chi connectivity index (χ0v) is 17.6. The van der Waals surface area contributed by atoms with Gasteiger partial charge in [0.1, 0.15) is 5.75 Å². The lowest BCUT2D eigenvalue weighted by molar-refractivity contribution is 0.0950. The van der Waals surface area contributed by atoms with Crippen molar-refractivity contribution in [2.45, 2.75) is 25.4 Å². The van der Waals surface area contributed by atoms with E-state index >= 15 is 0 Å². The highest BCUT2D eigenvalue weighted by Crippen LogP contribution is 2.37. The Balaban J connectivity index is 1.48. The summed E-state index contributed by atoms with van der Waals surface area (Å²) in [6.07, 6.45) is 2.01. The van der Waals surface area contributed by atoms with Gasteiger partial charge in [-0.15, -0.1) is 16.4 Å². The van der Waals surface area contributed by atoms with Crippen molar-refractivity contribution in [1.29, 1.82) is 0 Å². The average molecular weight is 463 g/mol. The smallest absolute Gasteiger partial charge is 0.346 e. The third-order valence-electron chi connectivity index (χ3n) is 4.55. The number of halogens is 1. The first-order valence-electron chi connectivity index (χ1n) is 8.93. The molecule has 1 fully saturated rings. The van der Waals surface area contributed by atoms with Gasteiger partial charge in [0, 0.05) is 17.1 Å². The normalized spacial score (nSPS) is 13.5. The molecule has 0 unspecified atom stereocenters. The number of methoxy groups -OCH3 is 1. The van der Waals surface area contributed by atoms with Gasteiger partial charge in [-0.05, 0) is 58.4 Å². The molecule has 0 saturated heterocycles. The summed E-state index contributed by atoms with van der Waals surface area (Å²) in [5.74, 6) is 1.08. The fourth-order valence-corrected chi connectivity index (χ4v) is 4.11. The van der Waals surface area contributed by atoms with E-state index in [1.807, 2.05) is 17.5 Å². The molecule has 0 atom stereocenters. The topological polar surface area (TPSA) is 78.2 Å². The second kappa shape index (κ2) is 7.92. The predicted octanol–water partition coefficient (Wildman–Crippen LogP) is 3.31. The van der Waals surface area contributed by atoms with Crippen LogP contribution < -0.4 is 15.7 Å². The van der Waals surface area contributed by atoms with E-state index in [4.69, 9.17) is 4.74 Å². The quantitative estimate of drug-likeness (QED) is 0.583. The molecule has 4 rings (SSSR count). The standard InChI is InChI=1S/C19H19BrN4O3S/c1-27-13-6-7-15(20)14(11-13)18(25)21-8-9-23-19(26)24(12-4-5-12)17(22-23)16-3-2-10-28-16/h2-3,6-7,10-12H,4-5,8-9H2,1H3,(H,21,25). The summed E-state index contributed by atoms with van der Waals surface area (Å²) in [7, 11) is 1.55. The van der Waals surface area contributed by atoms with E-state index in [1.54, 1.807) is 41.2 Å². The molecule has 1 aliphatic carbocycles. The number of ether oxygens (including phenoxy) is 1. The number of hydrogen-bond donors (Lipinski definition) is 1. The van der Waals surface area contributed by atoms with Gasteiger partial charge in [0.2, 0.25) is 0 Å². The van der Waals surface area contributed by atoms with Crippen LogP contribution in [-0.2, 0) is 6.54 Å². The van der Waals surface area contributed by atoms with Gasteiger partial charge in [0.25, 0.3) is 5.91 Å². The van der Waals surface area contributed by atoms with Crippen LogP contribution in [-0.4, -0.2) is 33.9 Å². The van der Waals surface area contributed by atoms with E-state index < -0.39 is 0 Å². The number of hydrogen-bond acceptors (Lipinski definition) is 5. The van der Waals surface area contributed by atoms with E-state index in [9.17, 15) is 9.59 Å². The van der Waals surface area contributed by atoms with Crippen LogP contribution in [0.2, 0.25) is 0 Å². The number of rotatable bonds is 7. The van der Waals surface area contributed by atoms with Crippen LogP contribution in [0.25, 0.3) is 10.7 Å². The molecule has 146 valence electrons. The second-order valence-electron chi connectivity index (χ2n) is 6.51. The molecule has 3 aromatic rings. The van der Waals surface area contributed by atoms with Crippen molar-refractivity contribution in [3.05, 3.63) is 56.2 Å². The molecule has 28 heavy (non-hydrogen) atoms. The molecule has 1 amide bonds. The molecule has 0 bridgehead atoms. The van der Waals surface area contributed by atoms with Crippen molar-refractivity contribution in [3.8, 4) is 16.5 Å². The molecule has 1 N–H and O–H groups in total. The SMILES string of the molecule is COc1ccc(Br)c(C(=O)NCCn2nc(-c3cccs3)n(C3CC3)c2=O)c1. The zero-order valence-electron chi connectivity index (χ0n) is 15.2. The number of carbonyl (C=O) groups excluding carboxylic acids is 1. The summed E-state index contributed by atoms with van der Waals surface area (Å²) in [5, 5.41) is 9.34. The van der Waals surface area contributed by atoms with Gasteiger partial charge in [-0.3, -0.25) is 9.36 Å². The monoisotopic (exact) mass is 462 g/mol. The number of thiophene rings is 1. The van der Waals surface area contributed by atoms with Crippen molar-refractivity contribution < 1.29 is 9.53 Å². The van der Waals surface area contributed by atoms with E-state index in [-0.39, 0.29) is 17.6 Å². The van der Waals surface area contributed by atoms with Crippen LogP contribution in [0.4, 0.5) is 0 Å². The Labute approximate surface area is 174 Å². The fourth-order valence-electron chi connectivity index (χ4n) is 2.98. The molecule has 2 heterocycles. The van der Waals surface area contributed by atoms with E-state index in [0.717, 1.165) is 17.7 Å². The maximum atomic E-state index is 12.8. The Morgan fingerprint density at radius 3 is 2.89 bits per heavy atom. The van der Waals surface area contributed by atoms with Crippen LogP contribution in [0, 0.1) is 0 Å². The summed E-state index contributed by atoms with van der Waals surface area (Å²) in [6.45, 7) is 0.609. The number of aromatic nitrogens is 3. The molecule has 1 saturated carbocycles. The number of benzene rings is 1. The second-order valence-corrected chi connectivity index (χ2v) is 8.31. The summed E-state index contributed by atoms with van der Waals surface area (Å²) >= 11 is 4.95. The highest BCUT2D eigenvalue weighted by atomic mass is 79.9. The maximum absolute atomic E-state index is 12.8. The van der Waals surface area contributed by atoms with Crippen molar-refractivity contribution in [1.82, 2.24) is 19.7 Å². The van der Waals surface area contributed by atoms with Crippen LogP contribution in [0.3, 0.4) is 0 Å². The minimum absolute atomic E-state index is 0.122. The predicted molar refractivity (Wildman–Crippen MR) is 111 cm³/mol. The molecule has 1 aliphatic rings. The summed E-state index contributed by atoms with van der Waals surface area (Å²) in [5.41, 5.74) is 0.359. The maximum Gasteiger partial charge on any atom is 0.346 e. The summed E-state index contributed by atoms with van der Waals surface area (Å²) in [6, 6.07) is 9.37. The Bertz CT molecular complexity index is 1050. The Hall–Kier alpha value is -2.39. The van der Waals surface area contributed by atoms with E-state index in [0.29, 0.717) is 34.7 Å². The minimum atomic E-state index is -0.237. The third-order valence-corrected chi connectivity index (χ3v) is 6.11. The van der Waals surface area contributed by atoms with Crippen LogP contribution in [0.5, 0.6) is 5.75 Å². The molecule has 0 spiro atoms. The van der Waals surface area contributed by atoms with Gasteiger partial charge in [0.05, 0.1) is 24.1 Å². The Morgan fingerprint density at radius 2 is 2.21 bits per heavy atom. The van der Waals surface area contributed by atoms with Gasteiger partial charge >= 0.3 is 5.69 Å². The highest BCUT2D eigenvalue weighted by molar-refractivity contribution is 9.10. The largest absolute Gasteiger partial charge is 0.497 e. The number of nitrogens with one attached hydrogen (secondary N) is 1. The first-order chi connectivity index (χ1) is 13.6. The first-order valence-corrected chi connectivity index (χ1v) is 10.6. The summed E-state index contributed by atoms with van der Waals surface area (Å²) in [4.78, 5) is 26.2. The van der Waals surface area contributed by atoms with Gasteiger partial charge in [0.15, 0.2) is 5.82 Å². The van der Waals surface area contributed by atoms with Crippen LogP contribution in [0.15, 0.2) is 45.0 Å². The highest BCUT2D eigenvalue weighted by Gasteiger charge is 2.30. The van der Waals surface area contributed by atoms with Gasteiger partial charge < -0.3 is 10.1 Å². The van der Waals surface area contributed by atoms with Gasteiger partial charge in [-0.1, -0.05) is 6.07 Å². The molecule has 9 heteroatoms. The first kappa shape index (κ1) is 18.9. The number of nitrogens with zero attached hydrogens (tertiary/aromatic N) is 3. The lowest BCUT2D eigenvalue weighted by atomic mass is 10.2. The Kier molecular flexibility index (Phi) is 5.36. The lowest BCUT2D eigenvalue weighted by Gasteiger charge is -2.08. The third kappa shape index (κ3) is 3.77. The number of amides is 1. The molecule has 1 aromatic carbocycles. The molecule has 7 nitrogen and oxygen atoms in total. The molecular weight excluding hydrogens is 444 g/mol. The van der Waals surface area contributed by atoms with Crippen molar-refractivity contribution in [2.24, 2.45) is 0 Å². The van der Waals surface area contributed by atoms with Crippen molar-refractivity contribution >= 4 is 33.2 Å². The molecule has 0 radical (unpaired) electrons. The summed E-state index contributed by atoms with van der Waals surface area (Å²) < 4.78 is 9.08. The van der Waals surface area contributed by atoms with Crippen LogP contribution in [0.1, 0.15) is 29.2 Å². The van der Waals surface area contributed by atoms with Crippen molar-refractivity contribution in [3.63, 3.8) is 0 Å². The number of carbonyl (C=O) groups is 1. The molecule has 0 aliphatic heterocycles. The van der Waals surface area contributed by atoms with E-state index in [1.165, 1.54) is 4.68 Å². The Morgan fingerprint density at radius 1 is 1.39 bits per heavy atom. The van der Waals surface area contributed by atoms with E-state index in [2.05, 4.69) is 26.3 Å². The molecular formula is C19H19BrN4O3S.